The molecule has 1 aromatic heterocycles. The van der Waals surface area contributed by atoms with Crippen molar-refractivity contribution in [2.75, 3.05) is 7.11 Å². The van der Waals surface area contributed by atoms with E-state index in [-0.39, 0.29) is 24.6 Å². The fraction of sp³-hybridized carbons (Fsp3) is 0.211. The molecule has 1 heterocycles. The molecule has 0 amide bonds. The van der Waals surface area contributed by atoms with Crippen molar-refractivity contribution in [3.05, 3.63) is 65.2 Å². The van der Waals surface area contributed by atoms with E-state index >= 15 is 0 Å². The number of carbonyl (C=O) groups is 1. The van der Waals surface area contributed by atoms with Gasteiger partial charge in [-0.1, -0.05) is 28.9 Å². The summed E-state index contributed by atoms with van der Waals surface area (Å²) < 4.78 is 28.8. The maximum Gasteiger partial charge on any atom is 0.310 e. The molecule has 26 heavy (non-hydrogen) atoms. The summed E-state index contributed by atoms with van der Waals surface area (Å²) in [6.45, 7) is 1.87. The van der Waals surface area contributed by atoms with Crippen LogP contribution < -0.4 is 4.74 Å². The summed E-state index contributed by atoms with van der Waals surface area (Å²) in [7, 11) is 1.38. The molecule has 0 radical (unpaired) electrons. The Morgan fingerprint density at radius 2 is 1.96 bits per heavy atom. The van der Waals surface area contributed by atoms with Gasteiger partial charge in [-0.2, -0.15) is 4.98 Å². The lowest BCUT2D eigenvalue weighted by Crippen LogP contribution is -2.09. The van der Waals surface area contributed by atoms with Crippen LogP contribution in [0.3, 0.4) is 0 Å². The summed E-state index contributed by atoms with van der Waals surface area (Å²) >= 11 is 0. The largest absolute Gasteiger partial charge is 0.494 e. The van der Waals surface area contributed by atoms with Gasteiger partial charge in [-0.25, -0.2) is 4.39 Å². The lowest BCUT2D eigenvalue weighted by Gasteiger charge is -2.05. The van der Waals surface area contributed by atoms with E-state index in [4.69, 9.17) is 14.0 Å². The van der Waals surface area contributed by atoms with Crippen LogP contribution in [0.4, 0.5) is 4.39 Å². The first-order valence-corrected chi connectivity index (χ1v) is 7.93. The highest BCUT2D eigenvalue weighted by Gasteiger charge is 2.12. The van der Waals surface area contributed by atoms with E-state index in [0.29, 0.717) is 11.5 Å². The highest BCUT2D eigenvalue weighted by Crippen LogP contribution is 2.19. The topological polar surface area (TPSA) is 74.5 Å². The van der Waals surface area contributed by atoms with Crippen molar-refractivity contribution in [2.24, 2.45) is 0 Å². The molecule has 7 heteroatoms. The zero-order valence-corrected chi connectivity index (χ0v) is 14.4. The number of halogens is 1. The summed E-state index contributed by atoms with van der Waals surface area (Å²) in [5, 5.41) is 3.79. The molecule has 6 nitrogen and oxygen atoms in total. The van der Waals surface area contributed by atoms with Gasteiger partial charge in [-0.05, 0) is 36.8 Å². The van der Waals surface area contributed by atoms with Crippen LogP contribution >= 0.6 is 0 Å². The minimum atomic E-state index is -0.529. The summed E-state index contributed by atoms with van der Waals surface area (Å²) in [5.74, 6) is -0.310. The van der Waals surface area contributed by atoms with Crippen LogP contribution in [0.25, 0.3) is 11.5 Å². The maximum absolute atomic E-state index is 13.6. The molecule has 0 fully saturated rings. The number of methoxy groups -OCH3 is 1. The Morgan fingerprint density at radius 1 is 1.19 bits per heavy atom. The lowest BCUT2D eigenvalue weighted by molar-refractivity contribution is -0.144. The highest BCUT2D eigenvalue weighted by atomic mass is 19.1. The van der Waals surface area contributed by atoms with Gasteiger partial charge in [0.1, 0.15) is 0 Å². The van der Waals surface area contributed by atoms with Crippen molar-refractivity contribution in [1.82, 2.24) is 10.1 Å². The summed E-state index contributed by atoms with van der Waals surface area (Å²) in [6.07, 6.45) is -0.0659. The molecular weight excluding hydrogens is 339 g/mol. The van der Waals surface area contributed by atoms with Gasteiger partial charge >= 0.3 is 5.97 Å². The zero-order chi connectivity index (χ0) is 18.5. The Labute approximate surface area is 149 Å². The van der Waals surface area contributed by atoms with E-state index in [1.807, 2.05) is 31.2 Å². The standard InChI is InChI=1S/C19H17FN2O4/c1-12-3-6-14(7-4-12)19-21-17(22-26-19)11-25-18(23)10-13-5-8-16(24-2)15(20)9-13/h3-9H,10-11H2,1-2H3. The molecule has 0 saturated carbocycles. The van der Waals surface area contributed by atoms with Crippen molar-refractivity contribution in [1.29, 1.82) is 0 Å². The van der Waals surface area contributed by atoms with Crippen molar-refractivity contribution in [3.8, 4) is 17.2 Å². The third kappa shape index (κ3) is 4.24. The second-order valence-electron chi connectivity index (χ2n) is 5.69. The molecule has 134 valence electrons. The first-order chi connectivity index (χ1) is 12.5. The quantitative estimate of drug-likeness (QED) is 0.630. The van der Waals surface area contributed by atoms with Gasteiger partial charge in [0.15, 0.2) is 18.2 Å². The van der Waals surface area contributed by atoms with Crippen LogP contribution in [0.5, 0.6) is 5.75 Å². The average molecular weight is 356 g/mol. The van der Waals surface area contributed by atoms with E-state index in [2.05, 4.69) is 10.1 Å². The molecular formula is C19H17FN2O4. The van der Waals surface area contributed by atoms with Gasteiger partial charge in [-0.3, -0.25) is 4.79 Å². The average Bonchev–Trinajstić information content (AvgIpc) is 3.10. The molecule has 0 atom stereocenters. The predicted molar refractivity (Wildman–Crippen MR) is 90.9 cm³/mol. The van der Waals surface area contributed by atoms with E-state index in [1.165, 1.54) is 19.2 Å². The van der Waals surface area contributed by atoms with Crippen molar-refractivity contribution >= 4 is 5.97 Å². The van der Waals surface area contributed by atoms with Gasteiger partial charge in [0, 0.05) is 5.56 Å². The van der Waals surface area contributed by atoms with E-state index in [9.17, 15) is 9.18 Å². The number of esters is 1. The van der Waals surface area contributed by atoms with Crippen molar-refractivity contribution < 1.29 is 23.2 Å². The molecule has 0 N–H and O–H groups in total. The Bertz CT molecular complexity index is 906. The third-order valence-electron chi connectivity index (χ3n) is 3.69. The minimum Gasteiger partial charge on any atom is -0.494 e. The fourth-order valence-electron chi connectivity index (χ4n) is 2.31. The van der Waals surface area contributed by atoms with Crippen molar-refractivity contribution in [2.45, 2.75) is 20.0 Å². The maximum atomic E-state index is 13.6. The number of nitrogens with zero attached hydrogens (tertiary/aromatic N) is 2. The van der Waals surface area contributed by atoms with Crippen LogP contribution in [-0.4, -0.2) is 23.2 Å². The molecule has 0 unspecified atom stereocenters. The summed E-state index contributed by atoms with van der Waals surface area (Å²) in [4.78, 5) is 16.1. The van der Waals surface area contributed by atoms with Gasteiger partial charge in [0.2, 0.25) is 5.82 Å². The van der Waals surface area contributed by atoms with E-state index in [0.717, 1.165) is 11.1 Å². The normalized spacial score (nSPS) is 10.6. The Balaban J connectivity index is 1.56. The van der Waals surface area contributed by atoms with Gasteiger partial charge in [0.25, 0.3) is 5.89 Å². The van der Waals surface area contributed by atoms with E-state index in [1.54, 1.807) is 6.07 Å². The van der Waals surface area contributed by atoms with Crippen LogP contribution in [0.15, 0.2) is 47.0 Å². The second-order valence-corrected chi connectivity index (χ2v) is 5.69. The van der Waals surface area contributed by atoms with Crippen molar-refractivity contribution in [3.63, 3.8) is 0 Å². The summed E-state index contributed by atoms with van der Waals surface area (Å²) in [5.41, 5.74) is 2.40. The fourth-order valence-corrected chi connectivity index (χ4v) is 2.31. The Hall–Kier alpha value is -3.22. The number of hydrogen-bond donors (Lipinski definition) is 0. The van der Waals surface area contributed by atoms with Gasteiger partial charge in [0.05, 0.1) is 13.5 Å². The Kier molecular flexibility index (Phi) is 5.26. The van der Waals surface area contributed by atoms with Crippen LogP contribution in [0, 0.1) is 12.7 Å². The number of rotatable bonds is 6. The number of ether oxygens (including phenoxy) is 2. The van der Waals surface area contributed by atoms with Crippen LogP contribution in [0.2, 0.25) is 0 Å². The smallest absolute Gasteiger partial charge is 0.310 e. The molecule has 0 bridgehead atoms. The molecule has 3 aromatic rings. The van der Waals surface area contributed by atoms with Crippen LogP contribution in [-0.2, 0) is 22.6 Å². The number of carbonyl (C=O) groups excluding carboxylic acids is 1. The monoisotopic (exact) mass is 356 g/mol. The Morgan fingerprint density at radius 3 is 2.65 bits per heavy atom. The lowest BCUT2D eigenvalue weighted by atomic mass is 10.1. The number of benzene rings is 2. The predicted octanol–water partition coefficient (Wildman–Crippen LogP) is 3.48. The second kappa shape index (κ2) is 7.77. The first-order valence-electron chi connectivity index (χ1n) is 7.93. The molecule has 3 rings (SSSR count). The summed E-state index contributed by atoms with van der Waals surface area (Å²) in [6, 6.07) is 11.9. The molecule has 0 aliphatic rings. The van der Waals surface area contributed by atoms with Gasteiger partial charge in [-0.15, -0.1) is 0 Å². The number of aromatic nitrogens is 2. The number of aryl methyl sites for hydroxylation is 1. The third-order valence-corrected chi connectivity index (χ3v) is 3.69. The minimum absolute atomic E-state index is 0.0659. The van der Waals surface area contributed by atoms with E-state index < -0.39 is 11.8 Å². The van der Waals surface area contributed by atoms with Crippen LogP contribution in [0.1, 0.15) is 17.0 Å². The molecule has 0 saturated heterocycles. The van der Waals surface area contributed by atoms with Gasteiger partial charge < -0.3 is 14.0 Å². The first kappa shape index (κ1) is 17.6. The molecule has 0 aliphatic heterocycles. The zero-order valence-electron chi connectivity index (χ0n) is 14.4. The molecule has 0 spiro atoms. The highest BCUT2D eigenvalue weighted by molar-refractivity contribution is 5.72. The number of hydrogen-bond acceptors (Lipinski definition) is 6. The molecule has 0 aliphatic carbocycles. The SMILES string of the molecule is COc1ccc(CC(=O)OCc2noc(-c3ccc(C)cc3)n2)cc1F. The molecule has 2 aromatic carbocycles.